The summed E-state index contributed by atoms with van der Waals surface area (Å²) < 4.78 is 5.92. The Balaban J connectivity index is 1.68. The van der Waals surface area contributed by atoms with E-state index < -0.39 is 0 Å². The molecule has 0 saturated heterocycles. The van der Waals surface area contributed by atoms with Gasteiger partial charge in [0, 0.05) is 53.9 Å². The molecule has 0 radical (unpaired) electrons. The van der Waals surface area contributed by atoms with Crippen molar-refractivity contribution in [2.24, 2.45) is 5.92 Å². The Kier molecular flexibility index (Phi) is 3.36. The van der Waals surface area contributed by atoms with Gasteiger partial charge in [0.2, 0.25) is 5.91 Å². The van der Waals surface area contributed by atoms with Gasteiger partial charge in [-0.05, 0) is 25.1 Å². The highest BCUT2D eigenvalue weighted by molar-refractivity contribution is 5.93. The Morgan fingerprint density at radius 2 is 2.26 bits per heavy atom. The number of carbonyl (C=O) groups excluding carboxylic acids is 1. The smallest absolute Gasteiger partial charge is 0.226 e. The van der Waals surface area contributed by atoms with Crippen molar-refractivity contribution in [3.63, 3.8) is 0 Å². The number of hydrogen-bond acceptors (Lipinski definition) is 3. The van der Waals surface area contributed by atoms with Crippen LogP contribution < -0.4 is 9.64 Å². The lowest BCUT2D eigenvalue weighted by Gasteiger charge is -2.23. The van der Waals surface area contributed by atoms with Gasteiger partial charge < -0.3 is 14.6 Å². The monoisotopic (exact) mass is 311 g/mol. The molecular formula is C18H21N3O2. The van der Waals surface area contributed by atoms with Crippen molar-refractivity contribution < 1.29 is 9.53 Å². The number of hydrogen-bond donors (Lipinski definition) is 1. The molecule has 1 aliphatic carbocycles. The summed E-state index contributed by atoms with van der Waals surface area (Å²) in [5.74, 6) is 2.54. The fraction of sp³-hybridized carbons (Fsp3) is 0.444. The van der Waals surface area contributed by atoms with E-state index in [1.807, 2.05) is 37.1 Å². The molecule has 5 heteroatoms. The van der Waals surface area contributed by atoms with Crippen molar-refractivity contribution in [1.29, 1.82) is 0 Å². The van der Waals surface area contributed by atoms with Gasteiger partial charge in [0.05, 0.1) is 12.9 Å². The normalized spacial score (nSPS) is 24.3. The molecule has 1 aromatic heterocycles. The summed E-state index contributed by atoms with van der Waals surface area (Å²) in [6.45, 7) is 5.35. The van der Waals surface area contributed by atoms with Crippen LogP contribution in [-0.4, -0.2) is 29.0 Å². The van der Waals surface area contributed by atoms with Crippen molar-refractivity contribution in [2.75, 3.05) is 18.1 Å². The van der Waals surface area contributed by atoms with Crippen LogP contribution in [0.2, 0.25) is 0 Å². The second-order valence-corrected chi connectivity index (χ2v) is 6.25. The first-order valence-electron chi connectivity index (χ1n) is 8.30. The minimum absolute atomic E-state index is 0.154. The number of carbonyl (C=O) groups is 1. The van der Waals surface area contributed by atoms with Crippen molar-refractivity contribution in [3.8, 4) is 5.75 Å². The van der Waals surface area contributed by atoms with E-state index in [0.717, 1.165) is 18.0 Å². The van der Waals surface area contributed by atoms with Crippen LogP contribution in [0.3, 0.4) is 0 Å². The van der Waals surface area contributed by atoms with Crippen LogP contribution in [0.15, 0.2) is 30.7 Å². The first-order chi connectivity index (χ1) is 11.2. The highest BCUT2D eigenvalue weighted by atomic mass is 16.5. The predicted octanol–water partition coefficient (Wildman–Crippen LogP) is 3.06. The van der Waals surface area contributed by atoms with Gasteiger partial charge in [-0.3, -0.25) is 4.79 Å². The first kappa shape index (κ1) is 14.3. The van der Waals surface area contributed by atoms with Gasteiger partial charge in [-0.2, -0.15) is 0 Å². The molecule has 1 aliphatic heterocycles. The van der Waals surface area contributed by atoms with Gasteiger partial charge in [-0.1, -0.05) is 6.92 Å². The molecule has 2 heterocycles. The number of H-pyrrole nitrogens is 1. The van der Waals surface area contributed by atoms with E-state index >= 15 is 0 Å². The summed E-state index contributed by atoms with van der Waals surface area (Å²) in [6.07, 6.45) is 4.16. The van der Waals surface area contributed by atoms with E-state index in [4.69, 9.17) is 4.74 Å². The zero-order chi connectivity index (χ0) is 16.0. The summed E-state index contributed by atoms with van der Waals surface area (Å²) in [5.41, 5.74) is 3.37. The summed E-state index contributed by atoms with van der Waals surface area (Å²) in [5, 5.41) is 0. The fourth-order valence-corrected chi connectivity index (χ4v) is 3.85. The lowest BCUT2D eigenvalue weighted by Crippen LogP contribution is -2.29. The van der Waals surface area contributed by atoms with Crippen LogP contribution in [0.5, 0.6) is 5.75 Å². The predicted molar refractivity (Wildman–Crippen MR) is 87.8 cm³/mol. The molecule has 1 N–H and O–H groups in total. The number of aromatic nitrogens is 2. The minimum atomic E-state index is 0.154. The largest absolute Gasteiger partial charge is 0.493 e. The molecule has 2 aliphatic rings. The average molecular weight is 311 g/mol. The number of rotatable bonds is 4. The molecule has 1 amide bonds. The molecule has 5 nitrogen and oxygen atoms in total. The molecule has 0 spiro atoms. The molecule has 4 rings (SSSR count). The van der Waals surface area contributed by atoms with Crippen LogP contribution in [0.4, 0.5) is 5.69 Å². The van der Waals surface area contributed by atoms with E-state index in [9.17, 15) is 4.79 Å². The van der Waals surface area contributed by atoms with Crippen LogP contribution in [0.25, 0.3) is 0 Å². The molecule has 3 atom stereocenters. The van der Waals surface area contributed by atoms with E-state index in [1.54, 1.807) is 6.33 Å². The maximum absolute atomic E-state index is 12.1. The summed E-state index contributed by atoms with van der Waals surface area (Å²) in [6, 6.07) is 6.14. The molecule has 120 valence electrons. The topological polar surface area (TPSA) is 58.2 Å². The number of fused-ring (bicyclic) bond motifs is 3. The average Bonchev–Trinajstić information content (AvgIpc) is 3.08. The number of amides is 1. The highest BCUT2D eigenvalue weighted by Gasteiger charge is 2.56. The van der Waals surface area contributed by atoms with E-state index in [0.29, 0.717) is 30.7 Å². The Labute approximate surface area is 135 Å². The SMILES string of the molecule is CCC(=O)N(CC)c1ccc2c(c1)[C@@H]1[C@H](CO2)[C@H]1c1cnc[nH]1. The summed E-state index contributed by atoms with van der Waals surface area (Å²) >= 11 is 0. The van der Waals surface area contributed by atoms with Crippen molar-refractivity contribution >= 4 is 11.6 Å². The van der Waals surface area contributed by atoms with Crippen molar-refractivity contribution in [2.45, 2.75) is 32.1 Å². The third-order valence-corrected chi connectivity index (χ3v) is 5.06. The molecule has 0 bridgehead atoms. The van der Waals surface area contributed by atoms with Gasteiger partial charge in [0.15, 0.2) is 0 Å². The first-order valence-corrected chi connectivity index (χ1v) is 8.30. The third kappa shape index (κ3) is 2.22. The fourth-order valence-electron chi connectivity index (χ4n) is 3.85. The Morgan fingerprint density at radius 3 is 2.96 bits per heavy atom. The number of nitrogens with one attached hydrogen (secondary N) is 1. The van der Waals surface area contributed by atoms with Crippen molar-refractivity contribution in [1.82, 2.24) is 9.97 Å². The van der Waals surface area contributed by atoms with Crippen LogP contribution >= 0.6 is 0 Å². The number of ether oxygens (including phenoxy) is 1. The standard InChI is InChI=1S/C18H21N3O2/c1-3-16(22)21(4-2)11-5-6-15-12(7-11)17-13(9-23-15)18(17)14-8-19-10-20-14/h5-8,10,13,17-18H,3-4,9H2,1-2H3,(H,19,20)/t13-,17+,18-/m0/s1. The Morgan fingerprint density at radius 1 is 1.39 bits per heavy atom. The minimum Gasteiger partial charge on any atom is -0.493 e. The molecule has 1 saturated carbocycles. The van der Waals surface area contributed by atoms with Gasteiger partial charge in [0.25, 0.3) is 0 Å². The lowest BCUT2D eigenvalue weighted by molar-refractivity contribution is -0.118. The number of anilines is 1. The van der Waals surface area contributed by atoms with E-state index in [1.165, 1.54) is 11.3 Å². The number of imidazole rings is 1. The molecule has 1 fully saturated rings. The van der Waals surface area contributed by atoms with E-state index in [-0.39, 0.29) is 5.91 Å². The molecule has 2 aromatic rings. The van der Waals surface area contributed by atoms with Crippen molar-refractivity contribution in [3.05, 3.63) is 42.0 Å². The maximum atomic E-state index is 12.1. The quantitative estimate of drug-likeness (QED) is 0.944. The Bertz CT molecular complexity index is 726. The lowest BCUT2D eigenvalue weighted by atomic mass is 10.0. The maximum Gasteiger partial charge on any atom is 0.226 e. The number of nitrogens with zero attached hydrogens (tertiary/aromatic N) is 2. The van der Waals surface area contributed by atoms with Gasteiger partial charge in [0.1, 0.15) is 5.75 Å². The van der Waals surface area contributed by atoms with Crippen LogP contribution in [-0.2, 0) is 4.79 Å². The van der Waals surface area contributed by atoms with Gasteiger partial charge in [-0.15, -0.1) is 0 Å². The Hall–Kier alpha value is -2.30. The summed E-state index contributed by atoms with van der Waals surface area (Å²) in [4.78, 5) is 21.4. The number of aromatic amines is 1. The summed E-state index contributed by atoms with van der Waals surface area (Å²) in [7, 11) is 0. The molecule has 23 heavy (non-hydrogen) atoms. The zero-order valence-electron chi connectivity index (χ0n) is 13.5. The van der Waals surface area contributed by atoms with E-state index in [2.05, 4.69) is 16.0 Å². The van der Waals surface area contributed by atoms with Gasteiger partial charge >= 0.3 is 0 Å². The molecular weight excluding hydrogens is 290 g/mol. The molecule has 0 unspecified atom stereocenters. The van der Waals surface area contributed by atoms with Crippen LogP contribution in [0, 0.1) is 5.92 Å². The highest BCUT2D eigenvalue weighted by Crippen LogP contribution is 2.64. The third-order valence-electron chi connectivity index (χ3n) is 5.06. The molecule has 1 aromatic carbocycles. The van der Waals surface area contributed by atoms with Crippen LogP contribution in [0.1, 0.15) is 43.4 Å². The second kappa shape index (κ2) is 5.41. The second-order valence-electron chi connectivity index (χ2n) is 6.25. The van der Waals surface area contributed by atoms with Gasteiger partial charge in [-0.25, -0.2) is 4.98 Å². The number of benzene rings is 1. The zero-order valence-corrected chi connectivity index (χ0v) is 13.5.